The van der Waals surface area contributed by atoms with Crippen LogP contribution >= 0.6 is 0 Å². The Labute approximate surface area is 195 Å². The zero-order valence-electron chi connectivity index (χ0n) is 19.4. The summed E-state index contributed by atoms with van der Waals surface area (Å²) in [5, 5.41) is 0. The maximum Gasteiger partial charge on any atom is 0.254 e. The lowest BCUT2D eigenvalue weighted by Gasteiger charge is -2.40. The topological polar surface area (TPSA) is 51.2 Å². The number of hydrogen-bond acceptors (Lipinski definition) is 5. The van der Waals surface area contributed by atoms with Gasteiger partial charge in [-0.2, -0.15) is 0 Å². The summed E-state index contributed by atoms with van der Waals surface area (Å²) in [6.07, 6.45) is 0. The van der Waals surface area contributed by atoms with Crippen LogP contribution in [0, 0.1) is 0 Å². The standard InChI is InChI=1S/C27H30N2O4/c1-28-14-15-29(23(18-28)21-12-8-5-9-13-21)27(30)22-16-24(31-2)26(25(17-22)32-3)33-19-20-10-6-4-7-11-20/h4-13,16-17,23H,14-15,18-19H2,1-3H3. The summed E-state index contributed by atoms with van der Waals surface area (Å²) in [7, 11) is 5.23. The minimum absolute atomic E-state index is 0.0246. The lowest BCUT2D eigenvalue weighted by molar-refractivity contribution is 0.0497. The summed E-state index contributed by atoms with van der Waals surface area (Å²) in [6.45, 7) is 2.62. The van der Waals surface area contributed by atoms with Crippen molar-refractivity contribution in [2.45, 2.75) is 12.6 Å². The maximum atomic E-state index is 13.7. The number of carbonyl (C=O) groups excluding carboxylic acids is 1. The van der Waals surface area contributed by atoms with Crippen LogP contribution in [0.25, 0.3) is 0 Å². The van der Waals surface area contributed by atoms with Gasteiger partial charge < -0.3 is 24.0 Å². The number of piperazine rings is 1. The molecule has 0 radical (unpaired) electrons. The number of benzene rings is 3. The molecule has 0 aromatic heterocycles. The lowest BCUT2D eigenvalue weighted by atomic mass is 10.0. The third-order valence-electron chi connectivity index (χ3n) is 5.96. The Bertz CT molecular complexity index is 1050. The fourth-order valence-corrected chi connectivity index (χ4v) is 4.16. The van der Waals surface area contributed by atoms with Crippen LogP contribution in [0.3, 0.4) is 0 Å². The first kappa shape index (κ1) is 22.7. The van der Waals surface area contributed by atoms with Crippen LogP contribution < -0.4 is 14.2 Å². The number of rotatable bonds is 7. The SMILES string of the molecule is COc1cc(C(=O)N2CCN(C)CC2c2ccccc2)cc(OC)c1OCc1ccccc1. The number of hydrogen-bond donors (Lipinski definition) is 0. The van der Waals surface area contributed by atoms with Crippen LogP contribution in [0.5, 0.6) is 17.2 Å². The number of likely N-dealkylation sites (N-methyl/N-ethyl adjacent to an activating group) is 1. The summed E-state index contributed by atoms with van der Waals surface area (Å²) in [5.41, 5.74) is 2.67. The van der Waals surface area contributed by atoms with Gasteiger partial charge in [0.1, 0.15) is 6.61 Å². The Morgan fingerprint density at radius 3 is 2.12 bits per heavy atom. The Hall–Kier alpha value is -3.51. The van der Waals surface area contributed by atoms with Crippen LogP contribution in [-0.4, -0.2) is 56.6 Å². The average Bonchev–Trinajstić information content (AvgIpc) is 2.87. The van der Waals surface area contributed by atoms with E-state index in [9.17, 15) is 4.79 Å². The smallest absolute Gasteiger partial charge is 0.254 e. The fourth-order valence-electron chi connectivity index (χ4n) is 4.16. The second kappa shape index (κ2) is 10.4. The van der Waals surface area contributed by atoms with Crippen LogP contribution in [0.1, 0.15) is 27.5 Å². The number of nitrogens with zero attached hydrogens (tertiary/aromatic N) is 2. The Morgan fingerprint density at radius 1 is 0.909 bits per heavy atom. The first-order valence-electron chi connectivity index (χ1n) is 11.1. The van der Waals surface area contributed by atoms with Crippen LogP contribution in [0.4, 0.5) is 0 Å². The van der Waals surface area contributed by atoms with E-state index in [0.717, 1.165) is 24.2 Å². The minimum Gasteiger partial charge on any atom is -0.493 e. The summed E-state index contributed by atoms with van der Waals surface area (Å²) in [6, 6.07) is 23.5. The molecule has 1 saturated heterocycles. The van der Waals surface area contributed by atoms with Crippen molar-refractivity contribution in [1.29, 1.82) is 0 Å². The van der Waals surface area contributed by atoms with Crippen molar-refractivity contribution >= 4 is 5.91 Å². The van der Waals surface area contributed by atoms with Crippen molar-refractivity contribution in [3.63, 3.8) is 0 Å². The van der Waals surface area contributed by atoms with Gasteiger partial charge in [-0.1, -0.05) is 60.7 Å². The largest absolute Gasteiger partial charge is 0.493 e. The van der Waals surface area contributed by atoms with E-state index in [4.69, 9.17) is 14.2 Å². The zero-order valence-corrected chi connectivity index (χ0v) is 19.4. The van der Waals surface area contributed by atoms with Gasteiger partial charge in [-0.05, 0) is 30.3 Å². The van der Waals surface area contributed by atoms with Gasteiger partial charge in [-0.15, -0.1) is 0 Å². The molecule has 6 nitrogen and oxygen atoms in total. The second-order valence-electron chi connectivity index (χ2n) is 8.17. The van der Waals surface area contributed by atoms with Crippen molar-refractivity contribution in [3.8, 4) is 17.2 Å². The molecular formula is C27H30N2O4. The third-order valence-corrected chi connectivity index (χ3v) is 5.96. The highest BCUT2D eigenvalue weighted by Crippen LogP contribution is 2.40. The van der Waals surface area contributed by atoms with E-state index in [1.165, 1.54) is 0 Å². The molecule has 1 heterocycles. The Kier molecular flexibility index (Phi) is 7.15. The Morgan fingerprint density at radius 2 is 1.52 bits per heavy atom. The summed E-state index contributed by atoms with van der Waals surface area (Å²) < 4.78 is 17.2. The molecule has 0 bridgehead atoms. The van der Waals surface area contributed by atoms with Gasteiger partial charge in [-0.25, -0.2) is 0 Å². The molecule has 0 aliphatic carbocycles. The summed E-state index contributed by atoms with van der Waals surface area (Å²) >= 11 is 0. The molecule has 1 atom stereocenters. The van der Waals surface area contributed by atoms with Crippen molar-refractivity contribution in [2.75, 3.05) is 40.9 Å². The van der Waals surface area contributed by atoms with Crippen molar-refractivity contribution < 1.29 is 19.0 Å². The first-order chi connectivity index (χ1) is 16.1. The van der Waals surface area contributed by atoms with Gasteiger partial charge in [0.05, 0.1) is 20.3 Å². The molecule has 0 spiro atoms. The van der Waals surface area contributed by atoms with Gasteiger partial charge in [0.15, 0.2) is 11.5 Å². The van der Waals surface area contributed by atoms with E-state index < -0.39 is 0 Å². The van der Waals surface area contributed by atoms with E-state index in [2.05, 4.69) is 24.1 Å². The first-order valence-corrected chi connectivity index (χ1v) is 11.1. The van der Waals surface area contributed by atoms with E-state index in [1.54, 1.807) is 26.4 Å². The molecular weight excluding hydrogens is 416 g/mol. The van der Waals surface area contributed by atoms with Gasteiger partial charge in [-0.3, -0.25) is 4.79 Å². The number of ether oxygens (including phenoxy) is 3. The molecule has 1 amide bonds. The van der Waals surface area contributed by atoms with Gasteiger partial charge in [0.25, 0.3) is 5.91 Å². The van der Waals surface area contributed by atoms with Crippen molar-refractivity contribution in [1.82, 2.24) is 9.80 Å². The molecule has 4 rings (SSSR count). The average molecular weight is 447 g/mol. The molecule has 1 aliphatic heterocycles. The molecule has 0 saturated carbocycles. The van der Waals surface area contributed by atoms with E-state index >= 15 is 0 Å². The summed E-state index contributed by atoms with van der Waals surface area (Å²) in [5.74, 6) is 1.37. The van der Waals surface area contributed by atoms with E-state index in [0.29, 0.717) is 36.0 Å². The van der Waals surface area contributed by atoms with E-state index in [-0.39, 0.29) is 11.9 Å². The zero-order chi connectivity index (χ0) is 23.2. The normalized spacial score (nSPS) is 16.3. The van der Waals surface area contributed by atoms with E-state index in [1.807, 2.05) is 53.4 Å². The van der Waals surface area contributed by atoms with Crippen LogP contribution in [-0.2, 0) is 6.61 Å². The Balaban J connectivity index is 1.62. The lowest BCUT2D eigenvalue weighted by Crippen LogP contribution is -2.49. The van der Waals surface area contributed by atoms with Gasteiger partial charge >= 0.3 is 0 Å². The predicted molar refractivity (Wildman–Crippen MR) is 128 cm³/mol. The molecule has 3 aromatic carbocycles. The highest BCUT2D eigenvalue weighted by molar-refractivity contribution is 5.96. The van der Waals surface area contributed by atoms with Crippen molar-refractivity contribution in [2.24, 2.45) is 0 Å². The van der Waals surface area contributed by atoms with Crippen molar-refractivity contribution in [3.05, 3.63) is 89.5 Å². The highest BCUT2D eigenvalue weighted by atomic mass is 16.5. The van der Waals surface area contributed by atoms with Gasteiger partial charge in [0, 0.05) is 25.2 Å². The fraction of sp³-hybridized carbons (Fsp3) is 0.296. The number of methoxy groups -OCH3 is 2. The molecule has 1 unspecified atom stereocenters. The predicted octanol–water partition coefficient (Wildman–Crippen LogP) is 4.41. The molecule has 33 heavy (non-hydrogen) atoms. The second-order valence-corrected chi connectivity index (χ2v) is 8.17. The van der Waals surface area contributed by atoms with Crippen LogP contribution in [0.2, 0.25) is 0 Å². The number of carbonyl (C=O) groups is 1. The molecule has 1 fully saturated rings. The third kappa shape index (κ3) is 5.12. The molecule has 172 valence electrons. The quantitative estimate of drug-likeness (QED) is 0.538. The molecule has 1 aliphatic rings. The maximum absolute atomic E-state index is 13.7. The highest BCUT2D eigenvalue weighted by Gasteiger charge is 2.32. The summed E-state index contributed by atoms with van der Waals surface area (Å²) in [4.78, 5) is 17.9. The molecule has 0 N–H and O–H groups in total. The van der Waals surface area contributed by atoms with Crippen LogP contribution in [0.15, 0.2) is 72.8 Å². The minimum atomic E-state index is -0.0526. The number of amides is 1. The monoisotopic (exact) mass is 446 g/mol. The van der Waals surface area contributed by atoms with Gasteiger partial charge in [0.2, 0.25) is 5.75 Å². The molecule has 3 aromatic rings. The molecule has 6 heteroatoms.